The molecular weight excluding hydrogens is 296 g/mol. The Hall–Kier alpha value is -0.740. The summed E-state index contributed by atoms with van der Waals surface area (Å²) in [5, 5.41) is 10.1. The molecule has 0 unspecified atom stereocenters. The predicted molar refractivity (Wildman–Crippen MR) is 72.4 cm³/mol. The highest BCUT2D eigenvalue weighted by atomic mass is 79.9. The minimum Gasteiger partial charge on any atom is -0.490 e. The normalized spacial score (nSPS) is 20.4. The largest absolute Gasteiger partial charge is 0.490 e. The minimum absolute atomic E-state index is 0.493. The van der Waals surface area contributed by atoms with E-state index in [0.29, 0.717) is 19.6 Å². The average Bonchev–Trinajstić information content (AvgIpc) is 3.09. The third-order valence-electron chi connectivity index (χ3n) is 3.69. The van der Waals surface area contributed by atoms with Crippen LogP contribution >= 0.6 is 15.9 Å². The number of hydrogen-bond donors (Lipinski definition) is 1. The van der Waals surface area contributed by atoms with E-state index in [1.165, 1.54) is 0 Å². The lowest BCUT2D eigenvalue weighted by Gasteiger charge is -2.18. The molecule has 0 bridgehead atoms. The van der Waals surface area contributed by atoms with Crippen molar-refractivity contribution in [3.8, 4) is 11.5 Å². The topological polar surface area (TPSA) is 38.7 Å². The van der Waals surface area contributed by atoms with Crippen molar-refractivity contribution in [2.75, 3.05) is 13.2 Å². The van der Waals surface area contributed by atoms with Crippen LogP contribution in [0.5, 0.6) is 11.5 Å². The van der Waals surface area contributed by atoms with Gasteiger partial charge in [0.1, 0.15) is 0 Å². The van der Waals surface area contributed by atoms with E-state index >= 15 is 0 Å². The monoisotopic (exact) mass is 312 g/mol. The van der Waals surface area contributed by atoms with E-state index in [4.69, 9.17) is 9.47 Å². The molecule has 0 saturated heterocycles. The molecule has 18 heavy (non-hydrogen) atoms. The molecule has 1 aromatic rings. The van der Waals surface area contributed by atoms with E-state index in [1.54, 1.807) is 0 Å². The van der Waals surface area contributed by atoms with Crippen molar-refractivity contribution in [2.24, 2.45) is 0 Å². The number of aliphatic hydroxyl groups is 1. The van der Waals surface area contributed by atoms with E-state index in [9.17, 15) is 5.11 Å². The second-order valence-corrected chi connectivity index (χ2v) is 6.10. The number of fused-ring (bicyclic) bond motifs is 1. The minimum atomic E-state index is -0.493. The fourth-order valence-electron chi connectivity index (χ4n) is 2.34. The molecule has 1 aliphatic carbocycles. The Morgan fingerprint density at radius 1 is 1.33 bits per heavy atom. The number of ether oxygens (including phenoxy) is 2. The van der Waals surface area contributed by atoms with E-state index in [1.807, 2.05) is 13.0 Å². The summed E-state index contributed by atoms with van der Waals surface area (Å²) < 4.78 is 12.5. The summed E-state index contributed by atoms with van der Waals surface area (Å²) in [6.45, 7) is 3.43. The molecule has 1 N–H and O–H groups in total. The van der Waals surface area contributed by atoms with Gasteiger partial charge in [0.25, 0.3) is 0 Å². The zero-order valence-corrected chi connectivity index (χ0v) is 12.0. The molecule has 0 radical (unpaired) electrons. The molecule has 4 heteroatoms. The van der Waals surface area contributed by atoms with Gasteiger partial charge in [-0.2, -0.15) is 0 Å². The summed E-state index contributed by atoms with van der Waals surface area (Å²) in [5.41, 5.74) is 1.73. The summed E-state index contributed by atoms with van der Waals surface area (Å²) >= 11 is 3.59. The van der Waals surface area contributed by atoms with E-state index in [0.717, 1.165) is 46.4 Å². The van der Waals surface area contributed by atoms with Crippen molar-refractivity contribution in [1.29, 1.82) is 0 Å². The van der Waals surface area contributed by atoms with Gasteiger partial charge in [-0.25, -0.2) is 0 Å². The lowest BCUT2D eigenvalue weighted by atomic mass is 10.00. The van der Waals surface area contributed by atoms with Gasteiger partial charge in [-0.1, -0.05) is 15.9 Å². The van der Waals surface area contributed by atoms with Gasteiger partial charge >= 0.3 is 0 Å². The van der Waals surface area contributed by atoms with Gasteiger partial charge in [0.15, 0.2) is 11.5 Å². The number of benzene rings is 1. The van der Waals surface area contributed by atoms with Gasteiger partial charge in [-0.15, -0.1) is 0 Å². The van der Waals surface area contributed by atoms with Crippen molar-refractivity contribution < 1.29 is 14.6 Å². The Kier molecular flexibility index (Phi) is 3.02. The highest BCUT2D eigenvalue weighted by Crippen LogP contribution is 2.45. The van der Waals surface area contributed by atoms with Gasteiger partial charge in [0.2, 0.25) is 0 Å². The summed E-state index contributed by atoms with van der Waals surface area (Å²) in [6.07, 6.45) is 3.39. The molecule has 0 atom stereocenters. The standard InChI is InChI=1S/C14H17BrO3/c1-9-10(8-14(16)3-4-14)11(15)7-12-13(9)18-6-2-5-17-12/h7,16H,2-6,8H2,1H3. The Morgan fingerprint density at radius 3 is 2.78 bits per heavy atom. The number of hydrogen-bond acceptors (Lipinski definition) is 3. The Balaban J connectivity index is 2.01. The molecule has 98 valence electrons. The highest BCUT2D eigenvalue weighted by Gasteiger charge is 2.41. The molecule has 1 fully saturated rings. The van der Waals surface area contributed by atoms with Crippen LogP contribution in [0.25, 0.3) is 0 Å². The third-order valence-corrected chi connectivity index (χ3v) is 4.40. The summed E-state index contributed by atoms with van der Waals surface area (Å²) in [4.78, 5) is 0. The van der Waals surface area contributed by atoms with Gasteiger partial charge in [0, 0.05) is 17.3 Å². The van der Waals surface area contributed by atoms with Crippen molar-refractivity contribution in [3.05, 3.63) is 21.7 Å². The number of rotatable bonds is 2. The predicted octanol–water partition coefficient (Wildman–Crippen LogP) is 2.99. The maximum Gasteiger partial charge on any atom is 0.164 e. The average molecular weight is 313 g/mol. The van der Waals surface area contributed by atoms with Crippen LogP contribution in [0.2, 0.25) is 0 Å². The van der Waals surface area contributed by atoms with Crippen LogP contribution in [0.3, 0.4) is 0 Å². The van der Waals surface area contributed by atoms with Gasteiger partial charge in [-0.05, 0) is 37.0 Å². The van der Waals surface area contributed by atoms with E-state index in [-0.39, 0.29) is 0 Å². The molecule has 3 rings (SSSR count). The van der Waals surface area contributed by atoms with Crippen LogP contribution in [-0.2, 0) is 6.42 Å². The quantitative estimate of drug-likeness (QED) is 0.912. The Labute approximate surface area is 115 Å². The first-order valence-corrected chi connectivity index (χ1v) is 7.18. The van der Waals surface area contributed by atoms with Crippen LogP contribution in [-0.4, -0.2) is 23.9 Å². The third kappa shape index (κ3) is 2.24. The maximum atomic E-state index is 10.1. The van der Waals surface area contributed by atoms with Gasteiger partial charge in [0.05, 0.1) is 18.8 Å². The fourth-order valence-corrected chi connectivity index (χ4v) is 2.98. The molecule has 0 amide bonds. The van der Waals surface area contributed by atoms with E-state index < -0.39 is 5.60 Å². The first kappa shape index (κ1) is 12.3. The van der Waals surface area contributed by atoms with Crippen molar-refractivity contribution in [1.82, 2.24) is 0 Å². The first-order valence-electron chi connectivity index (χ1n) is 6.39. The second-order valence-electron chi connectivity index (χ2n) is 5.24. The summed E-state index contributed by atoms with van der Waals surface area (Å²) in [6, 6.07) is 1.97. The Morgan fingerprint density at radius 2 is 2.06 bits per heavy atom. The van der Waals surface area contributed by atoms with Crippen molar-refractivity contribution in [2.45, 2.75) is 38.2 Å². The van der Waals surface area contributed by atoms with Gasteiger partial charge in [-0.3, -0.25) is 0 Å². The van der Waals surface area contributed by atoms with Crippen LogP contribution in [0.15, 0.2) is 10.5 Å². The zero-order chi connectivity index (χ0) is 12.8. The molecular formula is C14H17BrO3. The van der Waals surface area contributed by atoms with Crippen LogP contribution in [0.4, 0.5) is 0 Å². The molecule has 1 aliphatic heterocycles. The lowest BCUT2D eigenvalue weighted by molar-refractivity contribution is 0.150. The zero-order valence-electron chi connectivity index (χ0n) is 10.5. The van der Waals surface area contributed by atoms with Crippen molar-refractivity contribution in [3.63, 3.8) is 0 Å². The van der Waals surface area contributed by atoms with Crippen molar-refractivity contribution >= 4 is 15.9 Å². The molecule has 1 aromatic carbocycles. The summed E-state index contributed by atoms with van der Waals surface area (Å²) in [7, 11) is 0. The second kappa shape index (κ2) is 4.42. The molecule has 1 heterocycles. The SMILES string of the molecule is Cc1c(CC2(O)CC2)c(Br)cc2c1OCCCO2. The molecule has 0 spiro atoms. The van der Waals surface area contributed by atoms with E-state index in [2.05, 4.69) is 15.9 Å². The van der Waals surface area contributed by atoms with Gasteiger partial charge < -0.3 is 14.6 Å². The molecule has 3 nitrogen and oxygen atoms in total. The smallest absolute Gasteiger partial charge is 0.164 e. The lowest BCUT2D eigenvalue weighted by Crippen LogP contribution is -2.13. The maximum absolute atomic E-state index is 10.1. The highest BCUT2D eigenvalue weighted by molar-refractivity contribution is 9.10. The van der Waals surface area contributed by atoms with Crippen LogP contribution in [0, 0.1) is 6.92 Å². The summed E-state index contributed by atoms with van der Waals surface area (Å²) in [5.74, 6) is 1.65. The molecule has 2 aliphatic rings. The Bertz CT molecular complexity index is 480. The number of halogens is 1. The first-order chi connectivity index (χ1) is 8.59. The molecule has 1 saturated carbocycles. The fraction of sp³-hybridized carbons (Fsp3) is 0.571. The van der Waals surface area contributed by atoms with Crippen LogP contribution < -0.4 is 9.47 Å². The molecule has 0 aromatic heterocycles. The van der Waals surface area contributed by atoms with Crippen LogP contribution in [0.1, 0.15) is 30.4 Å².